The smallest absolute Gasteiger partial charge is 0.259 e. The van der Waals surface area contributed by atoms with E-state index in [1.165, 1.54) is 0 Å². The van der Waals surface area contributed by atoms with Gasteiger partial charge in [-0.3, -0.25) is 9.48 Å². The number of fused-ring (bicyclic) bond motifs is 1. The number of aryl methyl sites for hydroxylation is 2. The second-order valence-corrected chi connectivity index (χ2v) is 9.50. The number of benzene rings is 1. The van der Waals surface area contributed by atoms with Gasteiger partial charge in [0, 0.05) is 49.4 Å². The van der Waals surface area contributed by atoms with Gasteiger partial charge in [0.25, 0.3) is 11.4 Å². The fourth-order valence-corrected chi connectivity index (χ4v) is 4.93. The Hall–Kier alpha value is -4.47. The molecular weight excluding hydrogens is 468 g/mol. The van der Waals surface area contributed by atoms with Crippen LogP contribution in [0.1, 0.15) is 49.9 Å². The molecule has 1 saturated carbocycles. The van der Waals surface area contributed by atoms with Gasteiger partial charge in [0.2, 0.25) is 5.89 Å². The fourth-order valence-electron chi connectivity index (χ4n) is 4.93. The molecule has 3 N–H and O–H groups in total. The number of nitrogens with two attached hydrogens (primary N) is 1. The van der Waals surface area contributed by atoms with Crippen molar-refractivity contribution in [2.24, 2.45) is 7.05 Å². The van der Waals surface area contributed by atoms with Crippen molar-refractivity contribution >= 4 is 22.3 Å². The summed E-state index contributed by atoms with van der Waals surface area (Å²) >= 11 is 0. The zero-order valence-corrected chi connectivity index (χ0v) is 21.0. The standard InChI is InChI=1S/C27H28N8O2/c1-4-21(31-25-24(20(28)10-11-29-25)26-33-32-15(2)37-26)22-12-16-6-5-7-19(17-13-30-34(3)14-17)23(16)27(36)35(22)18-8-9-18/h5-7,10-14,18,21H,4,8-9H2,1-3H3,(H3,28,29,31)/t21-/m0/s1. The molecule has 4 aromatic heterocycles. The van der Waals surface area contributed by atoms with E-state index in [0.29, 0.717) is 34.2 Å². The molecule has 1 fully saturated rings. The first kappa shape index (κ1) is 23.0. The zero-order valence-electron chi connectivity index (χ0n) is 21.0. The maximum Gasteiger partial charge on any atom is 0.259 e. The monoisotopic (exact) mass is 496 g/mol. The Labute approximate surface area is 213 Å². The molecule has 0 saturated heterocycles. The highest BCUT2D eigenvalue weighted by Gasteiger charge is 2.31. The first-order valence-electron chi connectivity index (χ1n) is 12.4. The maximum absolute atomic E-state index is 14.1. The molecule has 1 aliphatic carbocycles. The quantitative estimate of drug-likeness (QED) is 0.333. The van der Waals surface area contributed by atoms with Crippen molar-refractivity contribution in [3.63, 3.8) is 0 Å². The van der Waals surface area contributed by atoms with Gasteiger partial charge >= 0.3 is 0 Å². The summed E-state index contributed by atoms with van der Waals surface area (Å²) < 4.78 is 9.39. The lowest BCUT2D eigenvalue weighted by molar-refractivity contribution is 0.532. The van der Waals surface area contributed by atoms with Crippen LogP contribution in [0.4, 0.5) is 11.5 Å². The van der Waals surface area contributed by atoms with Crippen molar-refractivity contribution in [1.82, 2.24) is 29.5 Å². The molecule has 1 atom stereocenters. The lowest BCUT2D eigenvalue weighted by Crippen LogP contribution is -2.27. The predicted molar refractivity (Wildman–Crippen MR) is 142 cm³/mol. The van der Waals surface area contributed by atoms with E-state index in [-0.39, 0.29) is 17.6 Å². The Bertz CT molecular complexity index is 1680. The summed E-state index contributed by atoms with van der Waals surface area (Å²) in [6, 6.07) is 9.78. The number of nitrogens with zero attached hydrogens (tertiary/aromatic N) is 6. The molecule has 37 heavy (non-hydrogen) atoms. The molecule has 6 rings (SSSR count). The van der Waals surface area contributed by atoms with Crippen LogP contribution in [-0.4, -0.2) is 29.5 Å². The molecule has 0 aliphatic heterocycles. The van der Waals surface area contributed by atoms with Crippen molar-refractivity contribution in [3.05, 3.63) is 70.9 Å². The van der Waals surface area contributed by atoms with E-state index in [0.717, 1.165) is 41.5 Å². The first-order chi connectivity index (χ1) is 17.9. The Morgan fingerprint density at radius 2 is 2.08 bits per heavy atom. The molecule has 1 aromatic carbocycles. The number of hydrogen-bond acceptors (Lipinski definition) is 8. The summed E-state index contributed by atoms with van der Waals surface area (Å²) in [5.74, 6) is 1.28. The van der Waals surface area contributed by atoms with Crippen molar-refractivity contribution in [2.45, 2.75) is 45.2 Å². The molecule has 0 spiro atoms. The van der Waals surface area contributed by atoms with E-state index in [1.54, 1.807) is 30.1 Å². The van der Waals surface area contributed by atoms with Crippen LogP contribution in [0.15, 0.2) is 58.1 Å². The average molecular weight is 497 g/mol. The minimum atomic E-state index is -0.197. The Morgan fingerprint density at radius 3 is 2.76 bits per heavy atom. The third-order valence-electron chi connectivity index (χ3n) is 6.84. The highest BCUT2D eigenvalue weighted by molar-refractivity contribution is 5.96. The normalized spacial score (nSPS) is 14.2. The number of rotatable bonds is 7. The lowest BCUT2D eigenvalue weighted by Gasteiger charge is -2.24. The van der Waals surface area contributed by atoms with Crippen LogP contribution in [0.3, 0.4) is 0 Å². The van der Waals surface area contributed by atoms with Gasteiger partial charge in [0.1, 0.15) is 11.4 Å². The largest absolute Gasteiger partial charge is 0.421 e. The topological polar surface area (TPSA) is 130 Å². The van der Waals surface area contributed by atoms with Gasteiger partial charge in [-0.2, -0.15) is 5.10 Å². The molecule has 10 nitrogen and oxygen atoms in total. The van der Waals surface area contributed by atoms with Crippen LogP contribution >= 0.6 is 0 Å². The second kappa shape index (κ2) is 8.88. The minimum Gasteiger partial charge on any atom is -0.421 e. The Kier molecular flexibility index (Phi) is 5.51. The fraction of sp³-hybridized carbons (Fsp3) is 0.296. The summed E-state index contributed by atoms with van der Waals surface area (Å²) in [5, 5.41) is 17.6. The number of anilines is 2. The van der Waals surface area contributed by atoms with Gasteiger partial charge in [-0.05, 0) is 42.3 Å². The number of aromatic nitrogens is 6. The lowest BCUT2D eigenvalue weighted by atomic mass is 9.99. The van der Waals surface area contributed by atoms with Crippen molar-refractivity contribution in [1.29, 1.82) is 0 Å². The van der Waals surface area contributed by atoms with Gasteiger partial charge in [-0.25, -0.2) is 4.98 Å². The Balaban J connectivity index is 1.50. The van der Waals surface area contributed by atoms with Gasteiger partial charge < -0.3 is 20.0 Å². The molecule has 10 heteroatoms. The molecule has 188 valence electrons. The maximum atomic E-state index is 14.1. The van der Waals surface area contributed by atoms with Gasteiger partial charge in [-0.15, -0.1) is 10.2 Å². The van der Waals surface area contributed by atoms with E-state index in [1.807, 2.05) is 36.0 Å². The van der Waals surface area contributed by atoms with Gasteiger partial charge in [-0.1, -0.05) is 25.1 Å². The predicted octanol–water partition coefficient (Wildman–Crippen LogP) is 4.64. The highest BCUT2D eigenvalue weighted by Crippen LogP contribution is 2.40. The summed E-state index contributed by atoms with van der Waals surface area (Å²) in [7, 11) is 1.88. The second-order valence-electron chi connectivity index (χ2n) is 9.50. The van der Waals surface area contributed by atoms with Crippen LogP contribution < -0.4 is 16.6 Å². The van der Waals surface area contributed by atoms with E-state index >= 15 is 0 Å². The molecule has 0 amide bonds. The van der Waals surface area contributed by atoms with Crippen LogP contribution in [-0.2, 0) is 7.05 Å². The van der Waals surface area contributed by atoms with Crippen LogP contribution in [0, 0.1) is 6.92 Å². The zero-order chi connectivity index (χ0) is 25.7. The summed E-state index contributed by atoms with van der Waals surface area (Å²) in [5.41, 5.74) is 10.1. The van der Waals surface area contributed by atoms with Crippen LogP contribution in [0.5, 0.6) is 0 Å². The van der Waals surface area contributed by atoms with Gasteiger partial charge in [0.05, 0.1) is 17.6 Å². The SMILES string of the molecule is CC[C@H](Nc1nccc(N)c1-c1nnc(C)o1)c1cc2cccc(-c3cnn(C)c3)c2c(=O)n1C1CC1. The van der Waals surface area contributed by atoms with Crippen LogP contribution in [0.25, 0.3) is 33.4 Å². The highest BCUT2D eigenvalue weighted by atomic mass is 16.4. The van der Waals surface area contributed by atoms with E-state index in [4.69, 9.17) is 10.2 Å². The van der Waals surface area contributed by atoms with E-state index in [2.05, 4.69) is 38.6 Å². The van der Waals surface area contributed by atoms with E-state index in [9.17, 15) is 4.79 Å². The molecule has 0 radical (unpaired) electrons. The van der Waals surface area contributed by atoms with Gasteiger partial charge in [0.15, 0.2) is 0 Å². The third-order valence-corrected chi connectivity index (χ3v) is 6.84. The number of pyridine rings is 2. The van der Waals surface area contributed by atoms with Crippen molar-refractivity contribution in [2.75, 3.05) is 11.1 Å². The summed E-state index contributed by atoms with van der Waals surface area (Å²) in [6.07, 6.45) is 8.06. The summed E-state index contributed by atoms with van der Waals surface area (Å²) in [6.45, 7) is 3.81. The third kappa shape index (κ3) is 4.04. The average Bonchev–Trinajstić information content (AvgIpc) is 3.48. The van der Waals surface area contributed by atoms with E-state index < -0.39 is 0 Å². The molecular formula is C27H28N8O2. The molecule has 0 bridgehead atoms. The van der Waals surface area contributed by atoms with Crippen molar-refractivity contribution < 1.29 is 4.42 Å². The van der Waals surface area contributed by atoms with Crippen LogP contribution in [0.2, 0.25) is 0 Å². The molecule has 1 aliphatic rings. The Morgan fingerprint density at radius 1 is 1.24 bits per heavy atom. The summed E-state index contributed by atoms with van der Waals surface area (Å²) in [4.78, 5) is 18.6. The molecule has 0 unspecified atom stereocenters. The minimum absolute atomic E-state index is 0.0167. The molecule has 4 heterocycles. The van der Waals surface area contributed by atoms with Crippen molar-refractivity contribution in [3.8, 4) is 22.6 Å². The number of nitrogen functional groups attached to an aromatic ring is 1. The molecule has 5 aromatic rings. The number of hydrogen-bond donors (Lipinski definition) is 2. The number of nitrogens with one attached hydrogen (secondary N) is 1. The first-order valence-corrected chi connectivity index (χ1v) is 12.4.